The fraction of sp³-hybridized carbons (Fsp3) is 0.0588. The molecule has 3 rings (SSSR count). The Kier molecular flexibility index (Phi) is 4.24. The van der Waals surface area contributed by atoms with Gasteiger partial charge in [0, 0.05) is 7.05 Å². The Morgan fingerprint density at radius 3 is 2.52 bits per heavy atom. The summed E-state index contributed by atoms with van der Waals surface area (Å²) in [7, 11) is 1.89. The molecule has 1 heterocycles. The Labute approximate surface area is 150 Å². The number of halogens is 2. The lowest BCUT2D eigenvalue weighted by molar-refractivity contribution is 0.468. The third-order valence-electron chi connectivity index (χ3n) is 3.50. The van der Waals surface area contributed by atoms with Gasteiger partial charge >= 0.3 is 0 Å². The summed E-state index contributed by atoms with van der Waals surface area (Å²) in [6.07, 6.45) is 1.75. The molecule has 0 aliphatic carbocycles. The van der Waals surface area contributed by atoms with Gasteiger partial charge in [0.25, 0.3) is 0 Å². The van der Waals surface area contributed by atoms with Gasteiger partial charge in [-0.25, -0.2) is 4.98 Å². The average molecular weight is 433 g/mol. The van der Waals surface area contributed by atoms with Gasteiger partial charge in [-0.1, -0.05) is 12.1 Å². The summed E-state index contributed by atoms with van der Waals surface area (Å²) < 4.78 is 3.01. The van der Waals surface area contributed by atoms with Crippen LogP contribution in [0.5, 0.6) is 5.75 Å². The van der Waals surface area contributed by atoms with E-state index in [2.05, 4.69) is 42.9 Å². The fourth-order valence-corrected chi connectivity index (χ4v) is 3.59. The van der Waals surface area contributed by atoms with Gasteiger partial charge in [0.2, 0.25) is 0 Å². The summed E-state index contributed by atoms with van der Waals surface area (Å²) in [4.78, 5) is 4.54. The van der Waals surface area contributed by atoms with Crippen molar-refractivity contribution in [3.05, 3.63) is 56.7 Å². The van der Waals surface area contributed by atoms with Gasteiger partial charge in [0.15, 0.2) is 5.82 Å². The molecule has 0 fully saturated rings. The zero-order chi connectivity index (χ0) is 16.6. The molecule has 0 aliphatic heterocycles. The van der Waals surface area contributed by atoms with Gasteiger partial charge in [-0.05, 0) is 67.8 Å². The van der Waals surface area contributed by atoms with Gasteiger partial charge in [-0.3, -0.25) is 0 Å². The van der Waals surface area contributed by atoms with Crippen LogP contribution in [0.1, 0.15) is 11.4 Å². The second kappa shape index (κ2) is 6.19. The Morgan fingerprint density at radius 2 is 1.91 bits per heavy atom. The molecular formula is C17H11Br2N3O. The van der Waals surface area contributed by atoms with Gasteiger partial charge < -0.3 is 9.67 Å². The maximum absolute atomic E-state index is 9.78. The van der Waals surface area contributed by atoms with Crippen molar-refractivity contribution in [1.29, 1.82) is 5.26 Å². The second-order valence-electron chi connectivity index (χ2n) is 4.99. The Bertz CT molecular complexity index is 960. The minimum Gasteiger partial charge on any atom is -0.506 e. The van der Waals surface area contributed by atoms with Crippen molar-refractivity contribution in [2.75, 3.05) is 0 Å². The highest BCUT2D eigenvalue weighted by atomic mass is 79.9. The number of benzene rings is 2. The molecular weight excluding hydrogens is 422 g/mol. The molecule has 1 N–H and O–H groups in total. The van der Waals surface area contributed by atoms with Crippen molar-refractivity contribution in [3.8, 4) is 11.8 Å². The molecule has 1 aromatic heterocycles. The van der Waals surface area contributed by atoms with E-state index in [0.29, 0.717) is 20.3 Å². The van der Waals surface area contributed by atoms with Gasteiger partial charge in [-0.15, -0.1) is 0 Å². The van der Waals surface area contributed by atoms with Crippen molar-refractivity contribution in [1.82, 2.24) is 9.55 Å². The molecule has 4 nitrogen and oxygen atoms in total. The van der Waals surface area contributed by atoms with Crippen LogP contribution < -0.4 is 0 Å². The quantitative estimate of drug-likeness (QED) is 0.587. The molecule has 0 saturated heterocycles. The van der Waals surface area contributed by atoms with Crippen molar-refractivity contribution in [3.63, 3.8) is 0 Å². The van der Waals surface area contributed by atoms with Crippen molar-refractivity contribution in [2.45, 2.75) is 0 Å². The number of aryl methyl sites for hydroxylation is 1. The molecule has 114 valence electrons. The number of hydrogen-bond donors (Lipinski definition) is 1. The molecule has 0 spiro atoms. The van der Waals surface area contributed by atoms with E-state index in [1.807, 2.05) is 35.9 Å². The predicted molar refractivity (Wildman–Crippen MR) is 97.7 cm³/mol. The zero-order valence-corrected chi connectivity index (χ0v) is 15.3. The number of fused-ring (bicyclic) bond motifs is 1. The first-order chi connectivity index (χ1) is 11.0. The number of nitrogens with zero attached hydrogens (tertiary/aromatic N) is 3. The molecule has 6 heteroatoms. The van der Waals surface area contributed by atoms with Gasteiger partial charge in [0.05, 0.1) is 25.6 Å². The van der Waals surface area contributed by atoms with Crippen LogP contribution in [-0.4, -0.2) is 14.7 Å². The number of aromatic hydroxyl groups is 1. The highest BCUT2D eigenvalue weighted by molar-refractivity contribution is 9.11. The molecule has 0 unspecified atom stereocenters. The number of rotatable bonds is 2. The van der Waals surface area contributed by atoms with Crippen molar-refractivity contribution >= 4 is 54.5 Å². The molecule has 0 atom stereocenters. The van der Waals surface area contributed by atoms with Crippen LogP contribution in [0.3, 0.4) is 0 Å². The van der Waals surface area contributed by atoms with Gasteiger partial charge in [-0.2, -0.15) is 5.26 Å². The molecule has 3 aromatic rings. The number of allylic oxidation sites excluding steroid dienone is 1. The van der Waals surface area contributed by atoms with Crippen LogP contribution in [0, 0.1) is 11.3 Å². The van der Waals surface area contributed by atoms with E-state index in [1.54, 1.807) is 18.2 Å². The highest BCUT2D eigenvalue weighted by Gasteiger charge is 2.12. The SMILES string of the molecule is Cn1c(/C(C#N)=C\c2cc(Br)c(O)c(Br)c2)nc2ccccc21. The molecule has 0 amide bonds. The molecule has 23 heavy (non-hydrogen) atoms. The normalized spacial score (nSPS) is 11.7. The predicted octanol–water partition coefficient (Wildman–Crippen LogP) is 4.87. The highest BCUT2D eigenvalue weighted by Crippen LogP contribution is 2.34. The van der Waals surface area contributed by atoms with E-state index < -0.39 is 0 Å². The maximum atomic E-state index is 9.78. The summed E-state index contributed by atoms with van der Waals surface area (Å²) in [5.74, 6) is 0.734. The third-order valence-corrected chi connectivity index (χ3v) is 4.71. The number of aromatic nitrogens is 2. The van der Waals surface area contributed by atoms with Crippen molar-refractivity contribution in [2.24, 2.45) is 7.05 Å². The minimum absolute atomic E-state index is 0.128. The van der Waals surface area contributed by atoms with Crippen LogP contribution in [0.25, 0.3) is 22.7 Å². The van der Waals surface area contributed by atoms with E-state index in [4.69, 9.17) is 0 Å². The lowest BCUT2D eigenvalue weighted by Gasteiger charge is -2.04. The molecule has 0 saturated carbocycles. The Hall–Kier alpha value is -2.10. The van der Waals surface area contributed by atoms with Crippen LogP contribution in [-0.2, 0) is 7.05 Å². The average Bonchev–Trinajstić information content (AvgIpc) is 2.87. The molecule has 2 aromatic carbocycles. The minimum atomic E-state index is 0.128. The number of phenolic OH excluding ortho intramolecular Hbond substituents is 1. The Morgan fingerprint density at radius 1 is 1.26 bits per heavy atom. The maximum Gasteiger partial charge on any atom is 0.151 e. The van der Waals surface area contributed by atoms with Crippen LogP contribution in [0.4, 0.5) is 0 Å². The number of nitriles is 1. The van der Waals surface area contributed by atoms with Crippen molar-refractivity contribution < 1.29 is 5.11 Å². The number of phenols is 1. The summed E-state index contributed by atoms with van der Waals surface area (Å²) >= 11 is 6.59. The first-order valence-electron chi connectivity index (χ1n) is 6.73. The number of hydrogen-bond acceptors (Lipinski definition) is 3. The topological polar surface area (TPSA) is 61.8 Å². The lowest BCUT2D eigenvalue weighted by atomic mass is 10.1. The van der Waals surface area contributed by atoms with E-state index >= 15 is 0 Å². The zero-order valence-electron chi connectivity index (χ0n) is 12.1. The third kappa shape index (κ3) is 2.90. The van der Waals surface area contributed by atoms with Crippen LogP contribution in [0.2, 0.25) is 0 Å². The number of imidazole rings is 1. The van der Waals surface area contributed by atoms with E-state index in [0.717, 1.165) is 16.6 Å². The van der Waals surface area contributed by atoms with E-state index in [9.17, 15) is 10.4 Å². The standard InChI is InChI=1S/C17H11Br2N3O/c1-22-15-5-3-2-4-14(15)21-17(22)11(9-20)6-10-7-12(18)16(23)13(19)8-10/h2-8,23H,1H3/b11-6-. The van der Waals surface area contributed by atoms with Crippen LogP contribution >= 0.6 is 31.9 Å². The first kappa shape index (κ1) is 15.8. The Balaban J connectivity index is 2.15. The smallest absolute Gasteiger partial charge is 0.151 e. The largest absolute Gasteiger partial charge is 0.506 e. The summed E-state index contributed by atoms with van der Waals surface area (Å²) in [6, 6.07) is 13.5. The van der Waals surface area contributed by atoms with Crippen LogP contribution in [0.15, 0.2) is 45.3 Å². The molecule has 0 aliphatic rings. The number of para-hydroxylation sites is 2. The first-order valence-corrected chi connectivity index (χ1v) is 8.31. The van der Waals surface area contributed by atoms with E-state index in [-0.39, 0.29) is 5.75 Å². The lowest BCUT2D eigenvalue weighted by Crippen LogP contribution is -1.96. The monoisotopic (exact) mass is 431 g/mol. The summed E-state index contributed by atoms with van der Waals surface area (Å²) in [6.45, 7) is 0. The fourth-order valence-electron chi connectivity index (χ4n) is 2.37. The van der Waals surface area contributed by atoms with E-state index in [1.165, 1.54) is 0 Å². The summed E-state index contributed by atoms with van der Waals surface area (Å²) in [5.41, 5.74) is 3.05. The van der Waals surface area contributed by atoms with Gasteiger partial charge in [0.1, 0.15) is 11.8 Å². The molecule has 0 bridgehead atoms. The summed E-state index contributed by atoms with van der Waals surface area (Å²) in [5, 5.41) is 19.3. The molecule has 0 radical (unpaired) electrons. The second-order valence-corrected chi connectivity index (χ2v) is 6.69.